The molecule has 2 heterocycles. The van der Waals surface area contributed by atoms with Crippen molar-refractivity contribution >= 4 is 0 Å². The Morgan fingerprint density at radius 2 is 2.07 bits per heavy atom. The van der Waals surface area contributed by atoms with Gasteiger partial charge in [-0.05, 0) is 50.8 Å². The lowest BCUT2D eigenvalue weighted by Crippen LogP contribution is -2.27. The number of hydrogen-bond acceptors (Lipinski definition) is 3. The lowest BCUT2D eigenvalue weighted by atomic mass is 9.97. The Morgan fingerprint density at radius 3 is 2.93 bits per heavy atom. The van der Waals surface area contributed by atoms with E-state index in [2.05, 4.69) is 16.5 Å². The van der Waals surface area contributed by atoms with Crippen LogP contribution in [0.2, 0.25) is 0 Å². The van der Waals surface area contributed by atoms with Gasteiger partial charge in [0.1, 0.15) is 5.82 Å². The molecular weight excluding hydrogens is 186 g/mol. The first kappa shape index (κ1) is 9.28. The van der Waals surface area contributed by atoms with Crippen LogP contribution in [0.4, 0.5) is 0 Å². The van der Waals surface area contributed by atoms with Gasteiger partial charge in [0, 0.05) is 17.8 Å². The second kappa shape index (κ2) is 3.89. The highest BCUT2D eigenvalue weighted by atomic mass is 14.9. The molecular formula is C12H17N3. The minimum absolute atomic E-state index is 0.595. The number of rotatable bonds is 1. The number of piperidine rings is 1. The summed E-state index contributed by atoms with van der Waals surface area (Å²) in [7, 11) is 0. The molecule has 0 spiro atoms. The summed E-state index contributed by atoms with van der Waals surface area (Å²) >= 11 is 0. The fraction of sp³-hybridized carbons (Fsp3) is 0.667. The summed E-state index contributed by atoms with van der Waals surface area (Å²) in [5, 5.41) is 3.38. The summed E-state index contributed by atoms with van der Waals surface area (Å²) in [6, 6.07) is 0. The van der Waals surface area contributed by atoms with E-state index in [1.54, 1.807) is 0 Å². The first-order valence-corrected chi connectivity index (χ1v) is 5.99. The molecule has 1 aliphatic carbocycles. The van der Waals surface area contributed by atoms with Gasteiger partial charge in [0.05, 0.1) is 0 Å². The van der Waals surface area contributed by atoms with Crippen molar-refractivity contribution in [2.75, 3.05) is 13.1 Å². The molecule has 80 valence electrons. The maximum atomic E-state index is 4.74. The molecule has 1 N–H and O–H groups in total. The second-order valence-electron chi connectivity index (χ2n) is 4.58. The van der Waals surface area contributed by atoms with Gasteiger partial charge in [0.15, 0.2) is 0 Å². The summed E-state index contributed by atoms with van der Waals surface area (Å²) in [5.74, 6) is 1.69. The number of fused-ring (bicyclic) bond motifs is 1. The highest BCUT2D eigenvalue weighted by molar-refractivity contribution is 5.23. The SMILES string of the molecule is c1nc(C2CCNCC2)nc2c1CCC2. The van der Waals surface area contributed by atoms with E-state index in [0.717, 1.165) is 25.3 Å². The lowest BCUT2D eigenvalue weighted by molar-refractivity contribution is 0.444. The average molecular weight is 203 g/mol. The van der Waals surface area contributed by atoms with Crippen molar-refractivity contribution in [1.82, 2.24) is 15.3 Å². The van der Waals surface area contributed by atoms with Crippen molar-refractivity contribution in [3.8, 4) is 0 Å². The van der Waals surface area contributed by atoms with Gasteiger partial charge < -0.3 is 5.32 Å². The summed E-state index contributed by atoms with van der Waals surface area (Å²) in [6.45, 7) is 2.23. The number of nitrogens with one attached hydrogen (secondary N) is 1. The fourth-order valence-corrected chi connectivity index (χ4v) is 2.61. The van der Waals surface area contributed by atoms with Gasteiger partial charge >= 0.3 is 0 Å². The average Bonchev–Trinajstić information content (AvgIpc) is 2.77. The molecule has 2 aliphatic rings. The van der Waals surface area contributed by atoms with Crippen LogP contribution in [0.3, 0.4) is 0 Å². The normalized spacial score (nSPS) is 21.6. The van der Waals surface area contributed by atoms with Crippen LogP contribution < -0.4 is 5.32 Å². The van der Waals surface area contributed by atoms with E-state index in [1.165, 1.54) is 36.9 Å². The Morgan fingerprint density at radius 1 is 1.20 bits per heavy atom. The summed E-state index contributed by atoms with van der Waals surface area (Å²) in [6.07, 6.45) is 8.06. The topological polar surface area (TPSA) is 37.8 Å². The molecule has 0 aromatic carbocycles. The van der Waals surface area contributed by atoms with Crippen molar-refractivity contribution < 1.29 is 0 Å². The molecule has 3 heteroatoms. The fourth-order valence-electron chi connectivity index (χ4n) is 2.61. The Kier molecular flexibility index (Phi) is 2.41. The van der Waals surface area contributed by atoms with Crippen LogP contribution in [0.1, 0.15) is 42.3 Å². The van der Waals surface area contributed by atoms with Gasteiger partial charge in [-0.15, -0.1) is 0 Å². The maximum absolute atomic E-state index is 4.74. The summed E-state index contributed by atoms with van der Waals surface area (Å²) in [5.41, 5.74) is 2.70. The van der Waals surface area contributed by atoms with Crippen molar-refractivity contribution in [3.05, 3.63) is 23.3 Å². The molecule has 1 aliphatic heterocycles. The van der Waals surface area contributed by atoms with E-state index in [9.17, 15) is 0 Å². The molecule has 0 radical (unpaired) electrons. The van der Waals surface area contributed by atoms with Gasteiger partial charge in [0.25, 0.3) is 0 Å². The van der Waals surface area contributed by atoms with Crippen LogP contribution in [0, 0.1) is 0 Å². The van der Waals surface area contributed by atoms with Crippen molar-refractivity contribution in [3.63, 3.8) is 0 Å². The molecule has 0 amide bonds. The van der Waals surface area contributed by atoms with E-state index in [4.69, 9.17) is 4.98 Å². The third kappa shape index (κ3) is 1.76. The number of hydrogen-bond donors (Lipinski definition) is 1. The van der Waals surface area contributed by atoms with E-state index >= 15 is 0 Å². The monoisotopic (exact) mass is 203 g/mol. The molecule has 0 atom stereocenters. The molecule has 1 saturated heterocycles. The van der Waals surface area contributed by atoms with Gasteiger partial charge in [-0.1, -0.05) is 0 Å². The molecule has 1 fully saturated rings. The van der Waals surface area contributed by atoms with Crippen LogP contribution in [-0.2, 0) is 12.8 Å². The minimum Gasteiger partial charge on any atom is -0.317 e. The van der Waals surface area contributed by atoms with Gasteiger partial charge in [-0.25, -0.2) is 9.97 Å². The number of aryl methyl sites for hydroxylation is 2. The molecule has 15 heavy (non-hydrogen) atoms. The molecule has 1 aromatic heterocycles. The van der Waals surface area contributed by atoms with E-state index in [-0.39, 0.29) is 0 Å². The Balaban J connectivity index is 1.85. The van der Waals surface area contributed by atoms with Crippen LogP contribution in [0.25, 0.3) is 0 Å². The highest BCUT2D eigenvalue weighted by Gasteiger charge is 2.20. The molecule has 3 rings (SSSR count). The van der Waals surface area contributed by atoms with Gasteiger partial charge in [-0.2, -0.15) is 0 Å². The zero-order chi connectivity index (χ0) is 10.1. The van der Waals surface area contributed by atoms with Crippen LogP contribution in [0.5, 0.6) is 0 Å². The highest BCUT2D eigenvalue weighted by Crippen LogP contribution is 2.25. The number of aromatic nitrogens is 2. The lowest BCUT2D eigenvalue weighted by Gasteiger charge is -2.21. The Hall–Kier alpha value is -0.960. The summed E-state index contributed by atoms with van der Waals surface area (Å²) in [4.78, 5) is 9.27. The zero-order valence-electron chi connectivity index (χ0n) is 9.00. The first-order chi connectivity index (χ1) is 7.43. The van der Waals surface area contributed by atoms with Crippen molar-refractivity contribution in [2.45, 2.75) is 38.0 Å². The molecule has 0 saturated carbocycles. The Labute approximate surface area is 90.3 Å². The third-order valence-corrected chi connectivity index (χ3v) is 3.54. The smallest absolute Gasteiger partial charge is 0.131 e. The van der Waals surface area contributed by atoms with Gasteiger partial charge in [-0.3, -0.25) is 0 Å². The third-order valence-electron chi connectivity index (χ3n) is 3.54. The van der Waals surface area contributed by atoms with E-state index in [1.807, 2.05) is 0 Å². The van der Waals surface area contributed by atoms with Crippen LogP contribution >= 0.6 is 0 Å². The first-order valence-electron chi connectivity index (χ1n) is 5.99. The van der Waals surface area contributed by atoms with Crippen LogP contribution in [0.15, 0.2) is 6.20 Å². The quantitative estimate of drug-likeness (QED) is 0.750. The molecule has 3 nitrogen and oxygen atoms in total. The van der Waals surface area contributed by atoms with Crippen molar-refractivity contribution in [2.24, 2.45) is 0 Å². The van der Waals surface area contributed by atoms with E-state index in [0.29, 0.717) is 5.92 Å². The predicted octanol–water partition coefficient (Wildman–Crippen LogP) is 1.43. The minimum atomic E-state index is 0.595. The molecule has 0 unspecified atom stereocenters. The molecule has 0 bridgehead atoms. The second-order valence-corrected chi connectivity index (χ2v) is 4.58. The van der Waals surface area contributed by atoms with Crippen molar-refractivity contribution in [1.29, 1.82) is 0 Å². The summed E-state index contributed by atoms with van der Waals surface area (Å²) < 4.78 is 0. The Bertz CT molecular complexity index is 356. The predicted molar refractivity (Wildman–Crippen MR) is 58.9 cm³/mol. The molecule has 1 aromatic rings. The maximum Gasteiger partial charge on any atom is 0.131 e. The number of nitrogens with zero attached hydrogens (tertiary/aromatic N) is 2. The zero-order valence-corrected chi connectivity index (χ0v) is 9.00. The van der Waals surface area contributed by atoms with Gasteiger partial charge in [0.2, 0.25) is 0 Å². The van der Waals surface area contributed by atoms with Crippen LogP contribution in [-0.4, -0.2) is 23.1 Å². The largest absolute Gasteiger partial charge is 0.317 e. The van der Waals surface area contributed by atoms with E-state index < -0.39 is 0 Å². The standard InChI is InChI=1S/C12H17N3/c1-2-10-8-14-12(15-11(10)3-1)9-4-6-13-7-5-9/h8-9,13H,1-7H2.